The number of amides is 1. The normalized spacial score (nSPS) is 16.6. The molecule has 1 amide bonds. The molecule has 29 heavy (non-hydrogen) atoms. The van der Waals surface area contributed by atoms with Gasteiger partial charge in [0.25, 0.3) is 0 Å². The molecule has 1 saturated heterocycles. The van der Waals surface area contributed by atoms with Crippen molar-refractivity contribution in [2.24, 2.45) is 0 Å². The molecule has 154 valence electrons. The van der Waals surface area contributed by atoms with Crippen LogP contribution in [0.3, 0.4) is 0 Å². The molecule has 2 aromatic carbocycles. The Morgan fingerprint density at radius 1 is 0.931 bits per heavy atom. The van der Waals surface area contributed by atoms with E-state index in [2.05, 4.69) is 60.7 Å². The number of carbonyl (C=O) groups excluding carboxylic acids is 1. The number of benzene rings is 2. The van der Waals surface area contributed by atoms with Gasteiger partial charge in [-0.25, -0.2) is 0 Å². The number of unbranched alkanes of at least 4 members (excludes halogenated alkanes) is 4. The molecular weight excluding hydrogens is 358 g/mol. The maximum absolute atomic E-state index is 10.9. The first-order valence-corrected chi connectivity index (χ1v) is 11.0. The largest absolute Gasteiger partial charge is 0.379 e. The van der Waals surface area contributed by atoms with E-state index >= 15 is 0 Å². The lowest BCUT2D eigenvalue weighted by molar-refractivity contribution is -0.119. The lowest BCUT2D eigenvalue weighted by Crippen LogP contribution is -2.31. The van der Waals surface area contributed by atoms with Crippen LogP contribution in [0.2, 0.25) is 0 Å². The van der Waals surface area contributed by atoms with Crippen LogP contribution in [-0.2, 0) is 9.53 Å². The molecule has 0 aromatic heterocycles. The predicted molar refractivity (Wildman–Crippen MR) is 121 cm³/mol. The van der Waals surface area contributed by atoms with E-state index in [1.54, 1.807) is 0 Å². The molecule has 1 atom stereocenters. The molecule has 3 nitrogen and oxygen atoms in total. The van der Waals surface area contributed by atoms with Gasteiger partial charge in [0, 0.05) is 13.2 Å². The van der Waals surface area contributed by atoms with Crippen LogP contribution in [0.15, 0.2) is 60.7 Å². The van der Waals surface area contributed by atoms with Crippen LogP contribution >= 0.6 is 0 Å². The average Bonchev–Trinajstić information content (AvgIpc) is 3.23. The van der Waals surface area contributed by atoms with Crippen LogP contribution in [0, 0.1) is 0 Å². The van der Waals surface area contributed by atoms with Crippen molar-refractivity contribution in [2.45, 2.75) is 51.0 Å². The second-order valence-corrected chi connectivity index (χ2v) is 7.81. The number of hydrogen-bond donors (Lipinski definition) is 0. The number of allylic oxidation sites excluding steroid dienone is 1. The predicted octanol–water partition coefficient (Wildman–Crippen LogP) is 5.95. The third-order valence-corrected chi connectivity index (χ3v) is 5.61. The van der Waals surface area contributed by atoms with E-state index in [9.17, 15) is 4.79 Å². The quantitative estimate of drug-likeness (QED) is 0.330. The van der Waals surface area contributed by atoms with Gasteiger partial charge in [-0.05, 0) is 48.8 Å². The van der Waals surface area contributed by atoms with Gasteiger partial charge in [-0.2, -0.15) is 0 Å². The molecule has 0 radical (unpaired) electrons. The Bertz CT molecular complexity index is 739. The van der Waals surface area contributed by atoms with Crippen molar-refractivity contribution in [2.75, 3.05) is 19.8 Å². The van der Waals surface area contributed by atoms with E-state index in [1.807, 2.05) is 11.0 Å². The van der Waals surface area contributed by atoms with E-state index in [-0.39, 0.29) is 0 Å². The summed E-state index contributed by atoms with van der Waals surface area (Å²) >= 11 is 0. The summed E-state index contributed by atoms with van der Waals surface area (Å²) in [6.45, 7) is 2.40. The number of nitrogens with zero attached hydrogens (tertiary/aromatic N) is 1. The molecule has 3 rings (SSSR count). The highest BCUT2D eigenvalue weighted by Crippen LogP contribution is 2.20. The van der Waals surface area contributed by atoms with Crippen LogP contribution in [-0.4, -0.2) is 37.1 Å². The van der Waals surface area contributed by atoms with Crippen molar-refractivity contribution in [3.63, 3.8) is 0 Å². The topological polar surface area (TPSA) is 29.5 Å². The lowest BCUT2D eigenvalue weighted by Gasteiger charge is -2.19. The molecule has 1 aliphatic heterocycles. The summed E-state index contributed by atoms with van der Waals surface area (Å²) in [7, 11) is 0. The molecule has 0 unspecified atom stereocenters. The number of hydrogen-bond acceptors (Lipinski definition) is 2. The molecule has 1 aliphatic rings. The summed E-state index contributed by atoms with van der Waals surface area (Å²) in [6.07, 6.45) is 13.6. The summed E-state index contributed by atoms with van der Waals surface area (Å²) in [5, 5.41) is 0. The van der Waals surface area contributed by atoms with Crippen LogP contribution in [0.4, 0.5) is 0 Å². The Labute approximate surface area is 175 Å². The average molecular weight is 392 g/mol. The van der Waals surface area contributed by atoms with Crippen LogP contribution in [0.5, 0.6) is 0 Å². The third kappa shape index (κ3) is 7.17. The minimum absolute atomic E-state index is 0.305. The third-order valence-electron chi connectivity index (χ3n) is 5.61. The van der Waals surface area contributed by atoms with Crippen molar-refractivity contribution in [1.29, 1.82) is 0 Å². The molecule has 0 aliphatic carbocycles. The zero-order chi connectivity index (χ0) is 20.2. The molecule has 0 N–H and O–H groups in total. The molecule has 3 heteroatoms. The zero-order valence-corrected chi connectivity index (χ0v) is 17.3. The van der Waals surface area contributed by atoms with Gasteiger partial charge in [0.2, 0.25) is 6.41 Å². The van der Waals surface area contributed by atoms with Crippen LogP contribution in [0.25, 0.3) is 17.2 Å². The van der Waals surface area contributed by atoms with Crippen molar-refractivity contribution < 1.29 is 9.53 Å². The van der Waals surface area contributed by atoms with Crippen molar-refractivity contribution in [3.05, 3.63) is 66.2 Å². The fourth-order valence-electron chi connectivity index (χ4n) is 3.85. The lowest BCUT2D eigenvalue weighted by atomic mass is 10.0. The minimum atomic E-state index is 0.305. The highest BCUT2D eigenvalue weighted by atomic mass is 16.5. The molecule has 1 heterocycles. The molecule has 0 bridgehead atoms. The van der Waals surface area contributed by atoms with Gasteiger partial charge in [0.1, 0.15) is 0 Å². The number of likely N-dealkylation sites (tertiary alicyclic amines) is 1. The number of carbonyl (C=O) groups is 1. The van der Waals surface area contributed by atoms with E-state index in [1.165, 1.54) is 36.0 Å². The summed E-state index contributed by atoms with van der Waals surface area (Å²) < 4.78 is 5.76. The summed E-state index contributed by atoms with van der Waals surface area (Å²) in [5.41, 5.74) is 3.78. The minimum Gasteiger partial charge on any atom is -0.379 e. The summed E-state index contributed by atoms with van der Waals surface area (Å²) in [4.78, 5) is 12.8. The fourth-order valence-corrected chi connectivity index (χ4v) is 3.85. The molecule has 1 fully saturated rings. The second kappa shape index (κ2) is 12.2. The van der Waals surface area contributed by atoms with Crippen molar-refractivity contribution >= 4 is 12.5 Å². The monoisotopic (exact) mass is 391 g/mol. The molecule has 2 aromatic rings. The number of rotatable bonds is 12. The number of ether oxygens (including phenoxy) is 1. The van der Waals surface area contributed by atoms with E-state index < -0.39 is 0 Å². The molecule has 0 spiro atoms. The van der Waals surface area contributed by atoms with Crippen LogP contribution in [0.1, 0.15) is 50.5 Å². The first-order chi connectivity index (χ1) is 14.4. The van der Waals surface area contributed by atoms with Crippen molar-refractivity contribution in [1.82, 2.24) is 4.90 Å². The Kier molecular flexibility index (Phi) is 8.99. The standard InChI is InChI=1S/C26H33NO2/c28-22-27-19-10-14-26(27)21-29-20-9-4-2-1-3-6-11-23-15-17-25(18-16-23)24-12-7-5-8-13-24/h5-8,11-13,15-18,22,26H,1-4,9-10,14,19-21H2/b11-6+/t26-/m0/s1. The van der Waals surface area contributed by atoms with Gasteiger partial charge >= 0.3 is 0 Å². The first kappa shape index (κ1) is 21.3. The maximum atomic E-state index is 10.9. The van der Waals surface area contributed by atoms with Gasteiger partial charge in [-0.15, -0.1) is 0 Å². The smallest absolute Gasteiger partial charge is 0.210 e. The van der Waals surface area contributed by atoms with Gasteiger partial charge < -0.3 is 9.64 Å². The van der Waals surface area contributed by atoms with Gasteiger partial charge in [-0.3, -0.25) is 4.79 Å². The molecular formula is C26H33NO2. The van der Waals surface area contributed by atoms with Gasteiger partial charge in [-0.1, -0.05) is 79.6 Å². The Morgan fingerprint density at radius 3 is 2.48 bits per heavy atom. The van der Waals surface area contributed by atoms with Crippen molar-refractivity contribution in [3.8, 4) is 11.1 Å². The van der Waals surface area contributed by atoms with Gasteiger partial charge in [0.05, 0.1) is 12.6 Å². The Balaban J connectivity index is 1.22. The van der Waals surface area contributed by atoms with E-state index in [0.29, 0.717) is 12.6 Å². The Morgan fingerprint density at radius 2 is 1.69 bits per heavy atom. The second-order valence-electron chi connectivity index (χ2n) is 7.81. The first-order valence-electron chi connectivity index (χ1n) is 11.0. The summed E-state index contributed by atoms with van der Waals surface area (Å²) in [5.74, 6) is 0. The highest BCUT2D eigenvalue weighted by molar-refractivity contribution is 5.65. The fraction of sp³-hybridized carbons (Fsp3) is 0.423. The van der Waals surface area contributed by atoms with Crippen LogP contribution < -0.4 is 0 Å². The summed E-state index contributed by atoms with van der Waals surface area (Å²) in [6, 6.07) is 19.5. The maximum Gasteiger partial charge on any atom is 0.210 e. The van der Waals surface area contributed by atoms with E-state index in [0.717, 1.165) is 45.2 Å². The van der Waals surface area contributed by atoms with E-state index in [4.69, 9.17) is 4.74 Å². The Hall–Kier alpha value is -2.39. The SMILES string of the molecule is O=CN1CCC[C@H]1COCCCCCC/C=C/c1ccc(-c2ccccc2)cc1. The zero-order valence-electron chi connectivity index (χ0n) is 17.3. The van der Waals surface area contributed by atoms with Gasteiger partial charge in [0.15, 0.2) is 0 Å². The molecule has 0 saturated carbocycles. The highest BCUT2D eigenvalue weighted by Gasteiger charge is 2.22.